The molecule has 2 rings (SSSR count). The molecule has 0 spiro atoms. The van der Waals surface area contributed by atoms with Crippen molar-refractivity contribution < 1.29 is 0 Å². The Kier molecular flexibility index (Phi) is 4.11. The van der Waals surface area contributed by atoms with Gasteiger partial charge in [0.2, 0.25) is 0 Å². The number of nitrogens with one attached hydrogen (secondary N) is 1. The molecular weight excluding hydrogens is 246 g/mol. The van der Waals surface area contributed by atoms with Crippen molar-refractivity contribution in [1.29, 1.82) is 0 Å². The zero-order valence-corrected chi connectivity index (χ0v) is 11.8. The molecule has 98 valence electrons. The first-order valence-electron chi connectivity index (χ1n) is 6.05. The Morgan fingerprint density at radius 3 is 2.78 bits per heavy atom. The standard InChI is InChI=1S/C12H19N5S/c1-4-17-11(5-8(2)16-17)10(15-13)6-12-14-9(3)7-18-12/h5,7,10,15H,4,6,13H2,1-3H3. The van der Waals surface area contributed by atoms with Crippen LogP contribution in [-0.2, 0) is 13.0 Å². The zero-order valence-electron chi connectivity index (χ0n) is 11.0. The van der Waals surface area contributed by atoms with Crippen LogP contribution in [-0.4, -0.2) is 14.8 Å². The van der Waals surface area contributed by atoms with E-state index in [-0.39, 0.29) is 6.04 Å². The fourth-order valence-electron chi connectivity index (χ4n) is 2.02. The van der Waals surface area contributed by atoms with Gasteiger partial charge < -0.3 is 0 Å². The minimum atomic E-state index is 0.0525. The van der Waals surface area contributed by atoms with Crippen LogP contribution in [0.15, 0.2) is 11.4 Å². The quantitative estimate of drug-likeness (QED) is 0.638. The molecule has 0 amide bonds. The van der Waals surface area contributed by atoms with Crippen molar-refractivity contribution in [1.82, 2.24) is 20.2 Å². The van der Waals surface area contributed by atoms with Crippen molar-refractivity contribution in [3.05, 3.63) is 33.5 Å². The topological polar surface area (TPSA) is 68.8 Å². The molecule has 18 heavy (non-hydrogen) atoms. The summed E-state index contributed by atoms with van der Waals surface area (Å²) in [6, 6.07) is 2.13. The molecule has 0 aliphatic rings. The Hall–Kier alpha value is -1.24. The highest BCUT2D eigenvalue weighted by Crippen LogP contribution is 2.21. The Balaban J connectivity index is 2.22. The van der Waals surface area contributed by atoms with Crippen LogP contribution in [0.2, 0.25) is 0 Å². The van der Waals surface area contributed by atoms with Crippen LogP contribution in [0, 0.1) is 13.8 Å². The Labute approximate surface area is 111 Å². The van der Waals surface area contributed by atoms with Gasteiger partial charge in [-0.3, -0.25) is 16.0 Å². The summed E-state index contributed by atoms with van der Waals surface area (Å²) in [6.45, 7) is 6.93. The number of hydrogen-bond acceptors (Lipinski definition) is 5. The average Bonchev–Trinajstić information content (AvgIpc) is 2.92. The van der Waals surface area contributed by atoms with E-state index in [4.69, 9.17) is 5.84 Å². The van der Waals surface area contributed by atoms with E-state index in [9.17, 15) is 0 Å². The third-order valence-electron chi connectivity index (χ3n) is 2.84. The molecule has 1 unspecified atom stereocenters. The van der Waals surface area contributed by atoms with E-state index in [0.717, 1.165) is 35.1 Å². The molecule has 0 saturated heterocycles. The first kappa shape index (κ1) is 13.2. The molecule has 0 radical (unpaired) electrons. The number of aryl methyl sites for hydroxylation is 3. The first-order chi connectivity index (χ1) is 8.63. The molecule has 0 aromatic carbocycles. The van der Waals surface area contributed by atoms with Gasteiger partial charge in [0, 0.05) is 24.0 Å². The normalized spacial score (nSPS) is 12.9. The fraction of sp³-hybridized carbons (Fsp3) is 0.500. The molecule has 6 heteroatoms. The summed E-state index contributed by atoms with van der Waals surface area (Å²) in [7, 11) is 0. The van der Waals surface area contributed by atoms with E-state index in [1.54, 1.807) is 11.3 Å². The Bertz CT molecular complexity index is 516. The predicted molar refractivity (Wildman–Crippen MR) is 73.3 cm³/mol. The third kappa shape index (κ3) is 2.77. The summed E-state index contributed by atoms with van der Waals surface area (Å²) in [4.78, 5) is 4.48. The van der Waals surface area contributed by atoms with Gasteiger partial charge >= 0.3 is 0 Å². The van der Waals surface area contributed by atoms with E-state index in [2.05, 4.69) is 33.9 Å². The largest absolute Gasteiger partial charge is 0.271 e. The lowest BCUT2D eigenvalue weighted by Crippen LogP contribution is -2.31. The number of hydrogen-bond donors (Lipinski definition) is 2. The van der Waals surface area contributed by atoms with Gasteiger partial charge in [-0.05, 0) is 26.8 Å². The monoisotopic (exact) mass is 265 g/mol. The van der Waals surface area contributed by atoms with Gasteiger partial charge in [-0.2, -0.15) is 5.10 Å². The van der Waals surface area contributed by atoms with E-state index in [1.807, 2.05) is 18.5 Å². The predicted octanol–water partition coefficient (Wildman–Crippen LogP) is 1.72. The van der Waals surface area contributed by atoms with E-state index < -0.39 is 0 Å². The van der Waals surface area contributed by atoms with Gasteiger partial charge in [0.25, 0.3) is 0 Å². The van der Waals surface area contributed by atoms with Gasteiger partial charge in [-0.15, -0.1) is 11.3 Å². The highest BCUT2D eigenvalue weighted by Gasteiger charge is 2.17. The molecule has 0 fully saturated rings. The number of rotatable bonds is 5. The first-order valence-corrected chi connectivity index (χ1v) is 6.93. The smallest absolute Gasteiger partial charge is 0.0948 e. The summed E-state index contributed by atoms with van der Waals surface area (Å²) in [5.74, 6) is 5.68. The third-order valence-corrected chi connectivity index (χ3v) is 3.83. The molecule has 0 bridgehead atoms. The van der Waals surface area contributed by atoms with Crippen LogP contribution in [0.5, 0.6) is 0 Å². The van der Waals surface area contributed by atoms with Crippen LogP contribution < -0.4 is 11.3 Å². The van der Waals surface area contributed by atoms with Gasteiger partial charge in [0.05, 0.1) is 22.4 Å². The van der Waals surface area contributed by atoms with Gasteiger partial charge in [0.1, 0.15) is 0 Å². The van der Waals surface area contributed by atoms with Gasteiger partial charge in [-0.1, -0.05) is 0 Å². The Morgan fingerprint density at radius 1 is 1.44 bits per heavy atom. The van der Waals surface area contributed by atoms with E-state index in [0.29, 0.717) is 0 Å². The summed E-state index contributed by atoms with van der Waals surface area (Å²) >= 11 is 1.67. The molecule has 2 aromatic heterocycles. The molecule has 2 heterocycles. The molecule has 3 N–H and O–H groups in total. The van der Waals surface area contributed by atoms with Crippen molar-refractivity contribution in [2.45, 2.75) is 39.8 Å². The highest BCUT2D eigenvalue weighted by atomic mass is 32.1. The molecule has 0 aliphatic heterocycles. The van der Waals surface area contributed by atoms with Crippen molar-refractivity contribution in [3.8, 4) is 0 Å². The molecule has 0 saturated carbocycles. The maximum Gasteiger partial charge on any atom is 0.0948 e. The lowest BCUT2D eigenvalue weighted by Gasteiger charge is -2.15. The number of nitrogens with zero attached hydrogens (tertiary/aromatic N) is 3. The Morgan fingerprint density at radius 2 is 2.22 bits per heavy atom. The zero-order chi connectivity index (χ0) is 13.1. The van der Waals surface area contributed by atoms with Crippen LogP contribution in [0.1, 0.15) is 35.1 Å². The summed E-state index contributed by atoms with van der Waals surface area (Å²) in [5, 5.41) is 7.60. The van der Waals surface area contributed by atoms with Crippen LogP contribution >= 0.6 is 11.3 Å². The summed E-state index contributed by atoms with van der Waals surface area (Å²) in [5.41, 5.74) is 6.06. The number of nitrogens with two attached hydrogens (primary N) is 1. The van der Waals surface area contributed by atoms with Gasteiger partial charge in [0.15, 0.2) is 0 Å². The molecule has 2 aromatic rings. The van der Waals surface area contributed by atoms with Crippen LogP contribution in [0.25, 0.3) is 0 Å². The SMILES string of the molecule is CCn1nc(C)cc1C(Cc1nc(C)cs1)NN. The molecular formula is C12H19N5S. The molecule has 1 atom stereocenters. The lowest BCUT2D eigenvalue weighted by molar-refractivity contribution is 0.489. The second-order valence-corrected chi connectivity index (χ2v) is 5.28. The second-order valence-electron chi connectivity index (χ2n) is 4.33. The summed E-state index contributed by atoms with van der Waals surface area (Å²) in [6.07, 6.45) is 0.792. The van der Waals surface area contributed by atoms with Crippen LogP contribution in [0.3, 0.4) is 0 Å². The minimum Gasteiger partial charge on any atom is -0.271 e. The second kappa shape index (κ2) is 5.60. The summed E-state index contributed by atoms with van der Waals surface area (Å²) < 4.78 is 1.99. The number of aromatic nitrogens is 3. The fourth-order valence-corrected chi connectivity index (χ4v) is 2.84. The molecule has 0 aliphatic carbocycles. The minimum absolute atomic E-state index is 0.0525. The maximum atomic E-state index is 5.68. The van der Waals surface area contributed by atoms with Crippen molar-refractivity contribution in [2.75, 3.05) is 0 Å². The molecule has 5 nitrogen and oxygen atoms in total. The highest BCUT2D eigenvalue weighted by molar-refractivity contribution is 7.09. The average molecular weight is 265 g/mol. The van der Waals surface area contributed by atoms with Crippen molar-refractivity contribution >= 4 is 11.3 Å². The van der Waals surface area contributed by atoms with Gasteiger partial charge in [-0.25, -0.2) is 4.98 Å². The number of thiazole rings is 1. The van der Waals surface area contributed by atoms with E-state index >= 15 is 0 Å². The number of hydrazine groups is 1. The lowest BCUT2D eigenvalue weighted by atomic mass is 10.1. The van der Waals surface area contributed by atoms with Crippen LogP contribution in [0.4, 0.5) is 0 Å². The van der Waals surface area contributed by atoms with E-state index in [1.165, 1.54) is 0 Å². The van der Waals surface area contributed by atoms with Crippen molar-refractivity contribution in [2.24, 2.45) is 5.84 Å². The van der Waals surface area contributed by atoms with Crippen molar-refractivity contribution in [3.63, 3.8) is 0 Å². The maximum absolute atomic E-state index is 5.68.